The summed E-state index contributed by atoms with van der Waals surface area (Å²) in [6.45, 7) is -0.519. The summed E-state index contributed by atoms with van der Waals surface area (Å²) in [6.07, 6.45) is -1.54. The van der Waals surface area contributed by atoms with Crippen LogP contribution >= 0.6 is 0 Å². The number of hydrogen-bond acceptors (Lipinski definition) is 5. The van der Waals surface area contributed by atoms with Crippen LogP contribution in [0.15, 0.2) is 0 Å². The Kier molecular flexibility index (Phi) is 3.94. The highest BCUT2D eigenvalue weighted by atomic mass is 17.1. The third-order valence-electron chi connectivity index (χ3n) is 0.715. The molecule has 0 bridgehead atoms. The molecule has 54 valence electrons. The minimum Gasteiger partial charge on any atom is -0.394 e. The van der Waals surface area contributed by atoms with Crippen molar-refractivity contribution in [2.45, 2.75) is 12.5 Å². The number of carbonyl (C=O) groups is 1. The Bertz CT molecular complexity index is 91.0. The van der Waals surface area contributed by atoms with Gasteiger partial charge < -0.3 is 15.1 Å². The third kappa shape index (κ3) is 3.89. The van der Waals surface area contributed by atoms with Crippen LogP contribution in [-0.2, 0) is 9.68 Å². The summed E-state index contributed by atoms with van der Waals surface area (Å²) in [5.41, 5.74) is 0. The molecular weight excluding hydrogens is 128 g/mol. The zero-order chi connectivity index (χ0) is 7.28. The molecule has 0 aliphatic carbocycles. The van der Waals surface area contributed by atoms with Crippen LogP contribution in [-0.4, -0.2) is 34.2 Å². The van der Waals surface area contributed by atoms with Crippen molar-refractivity contribution in [2.24, 2.45) is 0 Å². The van der Waals surface area contributed by atoms with E-state index in [1.165, 1.54) is 0 Å². The van der Waals surface area contributed by atoms with Gasteiger partial charge in [-0.15, -0.1) is 0 Å². The Morgan fingerprint density at radius 3 is 2.56 bits per heavy atom. The molecule has 0 fully saturated rings. The lowest BCUT2D eigenvalue weighted by molar-refractivity contribution is -0.236. The first kappa shape index (κ1) is 8.35. The molecule has 5 nitrogen and oxygen atoms in total. The fourth-order valence-corrected chi connectivity index (χ4v) is 0.294. The van der Waals surface area contributed by atoms with E-state index in [9.17, 15) is 4.79 Å². The molecule has 0 spiro atoms. The smallest absolute Gasteiger partial charge is 0.344 e. The van der Waals surface area contributed by atoms with Gasteiger partial charge in [-0.2, -0.15) is 5.26 Å². The van der Waals surface area contributed by atoms with E-state index < -0.39 is 25.1 Å². The normalized spacial score (nSPS) is 12.8. The van der Waals surface area contributed by atoms with E-state index in [1.54, 1.807) is 0 Å². The SMILES string of the molecule is O=C(CC(O)CO)OO. The number of hydrogen-bond donors (Lipinski definition) is 3. The average Bonchev–Trinajstić information content (AvgIpc) is 1.87. The van der Waals surface area contributed by atoms with Gasteiger partial charge in [0.1, 0.15) is 0 Å². The van der Waals surface area contributed by atoms with Crippen LogP contribution in [0, 0.1) is 0 Å². The Morgan fingerprint density at radius 2 is 2.22 bits per heavy atom. The average molecular weight is 136 g/mol. The Hall–Kier alpha value is -0.650. The van der Waals surface area contributed by atoms with E-state index in [2.05, 4.69) is 4.89 Å². The van der Waals surface area contributed by atoms with E-state index in [1.807, 2.05) is 0 Å². The summed E-state index contributed by atoms with van der Waals surface area (Å²) in [6, 6.07) is 0. The predicted octanol–water partition coefficient (Wildman–Crippen LogP) is -1.25. The lowest BCUT2D eigenvalue weighted by Crippen LogP contribution is -2.18. The summed E-state index contributed by atoms with van der Waals surface area (Å²) in [4.78, 5) is 13.3. The summed E-state index contributed by atoms with van der Waals surface area (Å²) < 4.78 is 0. The maximum atomic E-state index is 10.0. The van der Waals surface area contributed by atoms with E-state index in [-0.39, 0.29) is 0 Å². The second-order valence-electron chi connectivity index (χ2n) is 1.50. The molecule has 0 aromatic rings. The molecule has 0 amide bonds. The minimum atomic E-state index is -1.15. The minimum absolute atomic E-state index is 0.396. The van der Waals surface area contributed by atoms with Crippen molar-refractivity contribution in [2.75, 3.05) is 6.61 Å². The first-order valence-electron chi connectivity index (χ1n) is 2.34. The Morgan fingerprint density at radius 1 is 1.67 bits per heavy atom. The molecule has 5 heteroatoms. The first-order valence-corrected chi connectivity index (χ1v) is 2.34. The van der Waals surface area contributed by atoms with E-state index in [4.69, 9.17) is 15.5 Å². The van der Waals surface area contributed by atoms with Crippen LogP contribution in [0.25, 0.3) is 0 Å². The maximum absolute atomic E-state index is 10.0. The van der Waals surface area contributed by atoms with Crippen molar-refractivity contribution in [1.82, 2.24) is 0 Å². The van der Waals surface area contributed by atoms with Crippen LogP contribution in [0.3, 0.4) is 0 Å². The third-order valence-corrected chi connectivity index (χ3v) is 0.715. The van der Waals surface area contributed by atoms with Gasteiger partial charge in [-0.25, -0.2) is 4.79 Å². The molecule has 0 aliphatic rings. The number of rotatable bonds is 3. The number of aliphatic hydroxyl groups excluding tert-OH is 2. The molecule has 0 heterocycles. The largest absolute Gasteiger partial charge is 0.394 e. The van der Waals surface area contributed by atoms with E-state index >= 15 is 0 Å². The molecule has 1 atom stereocenters. The summed E-state index contributed by atoms with van der Waals surface area (Å²) in [5, 5.41) is 24.3. The van der Waals surface area contributed by atoms with Gasteiger partial charge in [0, 0.05) is 0 Å². The van der Waals surface area contributed by atoms with Crippen molar-refractivity contribution in [3.8, 4) is 0 Å². The van der Waals surface area contributed by atoms with Crippen molar-refractivity contribution < 1.29 is 25.2 Å². The van der Waals surface area contributed by atoms with E-state index in [0.717, 1.165) is 0 Å². The van der Waals surface area contributed by atoms with E-state index in [0.29, 0.717) is 0 Å². The topological polar surface area (TPSA) is 87.0 Å². The molecule has 1 unspecified atom stereocenters. The number of aliphatic hydroxyl groups is 2. The second kappa shape index (κ2) is 4.25. The van der Waals surface area contributed by atoms with Crippen molar-refractivity contribution in [1.29, 1.82) is 0 Å². The lowest BCUT2D eigenvalue weighted by atomic mass is 10.3. The second-order valence-corrected chi connectivity index (χ2v) is 1.50. The summed E-state index contributed by atoms with van der Waals surface area (Å²) in [7, 11) is 0. The predicted molar refractivity (Wildman–Crippen MR) is 26.4 cm³/mol. The van der Waals surface area contributed by atoms with Gasteiger partial charge in [0.15, 0.2) is 0 Å². The molecule has 0 aromatic heterocycles. The fraction of sp³-hybridized carbons (Fsp3) is 0.750. The van der Waals surface area contributed by atoms with Gasteiger partial charge in [-0.05, 0) is 0 Å². The fourth-order valence-electron chi connectivity index (χ4n) is 0.294. The van der Waals surface area contributed by atoms with Gasteiger partial charge in [0.2, 0.25) is 0 Å². The molecule has 3 N–H and O–H groups in total. The highest BCUT2D eigenvalue weighted by molar-refractivity contribution is 5.69. The standard InChI is InChI=1S/C4H8O5/c5-2-3(6)1-4(7)9-8/h3,5-6,8H,1-2H2. The zero-order valence-electron chi connectivity index (χ0n) is 4.65. The molecule has 0 radical (unpaired) electrons. The first-order chi connectivity index (χ1) is 4.20. The van der Waals surface area contributed by atoms with Crippen LogP contribution in [0.2, 0.25) is 0 Å². The van der Waals surface area contributed by atoms with Gasteiger partial charge >= 0.3 is 5.97 Å². The molecule has 0 aliphatic heterocycles. The van der Waals surface area contributed by atoms with Crippen molar-refractivity contribution >= 4 is 5.97 Å². The molecule has 0 rings (SSSR count). The molecule has 9 heavy (non-hydrogen) atoms. The van der Waals surface area contributed by atoms with Gasteiger partial charge in [-0.3, -0.25) is 0 Å². The number of carbonyl (C=O) groups excluding carboxylic acids is 1. The van der Waals surface area contributed by atoms with Crippen LogP contribution in [0.1, 0.15) is 6.42 Å². The van der Waals surface area contributed by atoms with Crippen LogP contribution < -0.4 is 0 Å². The molecule has 0 aromatic carbocycles. The summed E-state index contributed by atoms with van der Waals surface area (Å²) >= 11 is 0. The zero-order valence-corrected chi connectivity index (χ0v) is 4.65. The Balaban J connectivity index is 3.34. The summed E-state index contributed by atoms with van der Waals surface area (Å²) in [5.74, 6) is -0.962. The van der Waals surface area contributed by atoms with Gasteiger partial charge in [-0.1, -0.05) is 0 Å². The highest BCUT2D eigenvalue weighted by Crippen LogP contribution is 1.90. The van der Waals surface area contributed by atoms with Gasteiger partial charge in [0.25, 0.3) is 0 Å². The van der Waals surface area contributed by atoms with Gasteiger partial charge in [0.05, 0.1) is 19.1 Å². The van der Waals surface area contributed by atoms with Crippen LogP contribution in [0.4, 0.5) is 0 Å². The molecular formula is C4H8O5. The monoisotopic (exact) mass is 136 g/mol. The molecule has 0 saturated carbocycles. The molecule has 0 saturated heterocycles. The quantitative estimate of drug-likeness (QED) is 0.333. The lowest BCUT2D eigenvalue weighted by Gasteiger charge is -2.01. The highest BCUT2D eigenvalue weighted by Gasteiger charge is 2.09. The van der Waals surface area contributed by atoms with Crippen LogP contribution in [0.5, 0.6) is 0 Å². The van der Waals surface area contributed by atoms with Crippen molar-refractivity contribution in [3.63, 3.8) is 0 Å². The Labute approximate surface area is 51.4 Å². The maximum Gasteiger partial charge on any atom is 0.344 e. The van der Waals surface area contributed by atoms with Crippen molar-refractivity contribution in [3.05, 3.63) is 0 Å².